The van der Waals surface area contributed by atoms with Gasteiger partial charge in [0.25, 0.3) is 0 Å². The Hall–Kier alpha value is -3.30. The van der Waals surface area contributed by atoms with E-state index in [9.17, 15) is 9.50 Å². The van der Waals surface area contributed by atoms with Crippen LogP contribution < -0.4 is 4.74 Å². The molecular formula is C37H38ClFO6. The van der Waals surface area contributed by atoms with Crippen LogP contribution in [0.25, 0.3) is 0 Å². The van der Waals surface area contributed by atoms with Crippen molar-refractivity contribution in [1.82, 2.24) is 0 Å². The van der Waals surface area contributed by atoms with Gasteiger partial charge in [-0.05, 0) is 59.9 Å². The van der Waals surface area contributed by atoms with Crippen LogP contribution in [-0.4, -0.2) is 42.7 Å². The molecule has 45 heavy (non-hydrogen) atoms. The molecule has 0 unspecified atom stereocenters. The van der Waals surface area contributed by atoms with Crippen molar-refractivity contribution in [2.24, 2.45) is 5.92 Å². The zero-order valence-corrected chi connectivity index (χ0v) is 26.2. The second-order valence-electron chi connectivity index (χ2n) is 11.7. The van der Waals surface area contributed by atoms with Crippen molar-refractivity contribution in [1.29, 1.82) is 0 Å². The molecule has 6 rings (SSSR count). The summed E-state index contributed by atoms with van der Waals surface area (Å²) in [5, 5.41) is 11.2. The summed E-state index contributed by atoms with van der Waals surface area (Å²) in [6, 6.07) is 30.4. The third kappa shape index (κ3) is 6.39. The van der Waals surface area contributed by atoms with Gasteiger partial charge in [-0.15, -0.1) is 0 Å². The first kappa shape index (κ1) is 31.7. The molecule has 0 aliphatic carbocycles. The molecule has 2 heterocycles. The highest BCUT2D eigenvalue weighted by molar-refractivity contribution is 6.31. The van der Waals surface area contributed by atoms with Crippen molar-refractivity contribution in [2.75, 3.05) is 19.8 Å². The highest BCUT2D eigenvalue weighted by atomic mass is 35.5. The average molecular weight is 633 g/mol. The number of halogens is 2. The van der Waals surface area contributed by atoms with Crippen molar-refractivity contribution in [3.05, 3.63) is 136 Å². The number of rotatable bonds is 12. The highest BCUT2D eigenvalue weighted by Crippen LogP contribution is 2.54. The summed E-state index contributed by atoms with van der Waals surface area (Å²) in [6.45, 7) is 4.77. The van der Waals surface area contributed by atoms with E-state index in [0.29, 0.717) is 36.8 Å². The van der Waals surface area contributed by atoms with Crippen LogP contribution in [-0.2, 0) is 44.4 Å². The summed E-state index contributed by atoms with van der Waals surface area (Å²) in [6.07, 6.45) is -0.816. The minimum atomic E-state index is -1.39. The number of fused-ring (bicyclic) bond motifs is 2. The van der Waals surface area contributed by atoms with Gasteiger partial charge in [0.1, 0.15) is 11.7 Å². The number of hydrogen-bond acceptors (Lipinski definition) is 6. The fourth-order valence-electron chi connectivity index (χ4n) is 6.30. The monoisotopic (exact) mass is 632 g/mol. The van der Waals surface area contributed by atoms with Crippen LogP contribution >= 0.6 is 11.6 Å². The Kier molecular flexibility index (Phi) is 9.57. The molecule has 0 spiro atoms. The van der Waals surface area contributed by atoms with E-state index >= 15 is 0 Å². The largest absolute Gasteiger partial charge is 0.491 e. The fraction of sp³-hybridized carbons (Fsp3) is 0.351. The Morgan fingerprint density at radius 1 is 0.889 bits per heavy atom. The van der Waals surface area contributed by atoms with Crippen LogP contribution in [0.1, 0.15) is 41.7 Å². The Labute approximate surface area is 268 Å². The molecule has 0 amide bonds. The molecule has 2 aliphatic rings. The first-order chi connectivity index (χ1) is 21.9. The lowest BCUT2D eigenvalue weighted by atomic mass is 9.78. The van der Waals surface area contributed by atoms with Crippen molar-refractivity contribution in [2.45, 2.75) is 57.1 Å². The van der Waals surface area contributed by atoms with E-state index in [1.807, 2.05) is 92.7 Å². The lowest BCUT2D eigenvalue weighted by molar-refractivity contribution is -0.336. The lowest BCUT2D eigenvalue weighted by Gasteiger charge is -2.50. The van der Waals surface area contributed by atoms with Crippen molar-refractivity contribution < 1.29 is 33.2 Å². The van der Waals surface area contributed by atoms with Crippen LogP contribution in [0.4, 0.5) is 4.39 Å². The minimum Gasteiger partial charge on any atom is -0.491 e. The predicted molar refractivity (Wildman–Crippen MR) is 170 cm³/mol. The van der Waals surface area contributed by atoms with Crippen LogP contribution in [0.3, 0.4) is 0 Å². The maximum absolute atomic E-state index is 14.7. The van der Waals surface area contributed by atoms with Crippen molar-refractivity contribution >= 4 is 11.6 Å². The van der Waals surface area contributed by atoms with Crippen LogP contribution in [0.5, 0.6) is 5.75 Å². The predicted octanol–water partition coefficient (Wildman–Crippen LogP) is 7.22. The number of aliphatic hydroxyl groups excluding tert-OH is 1. The first-order valence-corrected chi connectivity index (χ1v) is 15.7. The maximum atomic E-state index is 14.7. The van der Waals surface area contributed by atoms with Crippen LogP contribution in [0, 0.1) is 11.7 Å². The molecule has 236 valence electrons. The second kappa shape index (κ2) is 13.6. The Morgan fingerprint density at radius 3 is 2.22 bits per heavy atom. The SMILES string of the molecule is CCOc1ccc(Cc2cc([C@]34OC[C@](CO)(O3)[C@@H](C)[C@H](OCc3ccccc3)[C@H]4OCc3ccccc3)ccc2Cl)cc1F. The summed E-state index contributed by atoms with van der Waals surface area (Å²) >= 11 is 6.71. The standard InChI is InChI=1S/C37H38ClFO6/c1-3-41-33-17-14-28(19-32(33)39)18-29-20-30(15-16-31(29)38)37-35(43-22-27-12-8-5-9-13-27)34(42-21-26-10-6-4-7-11-26)25(2)36(23-40,45-37)24-44-37/h4-17,19-20,25,34-35,40H,3,18,21-24H2,1-2H3/t25-,34-,35+,36-,37-/m0/s1. The molecule has 0 saturated carbocycles. The molecule has 2 aliphatic heterocycles. The van der Waals surface area contributed by atoms with Gasteiger partial charge in [0, 0.05) is 16.5 Å². The number of benzene rings is 4. The normalized spacial score (nSPS) is 25.8. The molecule has 0 aromatic heterocycles. The zero-order chi connectivity index (χ0) is 31.4. The van der Waals surface area contributed by atoms with Gasteiger partial charge in [-0.1, -0.05) is 91.3 Å². The fourth-order valence-corrected chi connectivity index (χ4v) is 6.48. The second-order valence-corrected chi connectivity index (χ2v) is 12.1. The van der Waals surface area contributed by atoms with E-state index in [-0.39, 0.29) is 24.9 Å². The van der Waals surface area contributed by atoms with E-state index in [1.54, 1.807) is 12.1 Å². The first-order valence-electron chi connectivity index (χ1n) is 15.3. The zero-order valence-electron chi connectivity index (χ0n) is 25.5. The van der Waals surface area contributed by atoms with Crippen LogP contribution in [0.2, 0.25) is 5.02 Å². The van der Waals surface area contributed by atoms with Gasteiger partial charge in [-0.25, -0.2) is 4.39 Å². The van der Waals surface area contributed by atoms with Gasteiger partial charge in [-0.2, -0.15) is 0 Å². The number of hydrogen-bond donors (Lipinski definition) is 1. The quantitative estimate of drug-likeness (QED) is 0.178. The lowest BCUT2D eigenvalue weighted by Crippen LogP contribution is -2.63. The molecule has 8 heteroatoms. The molecule has 0 radical (unpaired) electrons. The molecule has 2 fully saturated rings. The van der Waals surface area contributed by atoms with Gasteiger partial charge in [-0.3, -0.25) is 0 Å². The highest BCUT2D eigenvalue weighted by Gasteiger charge is 2.67. The van der Waals surface area contributed by atoms with E-state index in [2.05, 4.69) is 0 Å². The Morgan fingerprint density at radius 2 is 1.58 bits per heavy atom. The molecule has 1 N–H and O–H groups in total. The van der Waals surface area contributed by atoms with E-state index < -0.39 is 29.4 Å². The number of ether oxygens (including phenoxy) is 5. The molecule has 5 atom stereocenters. The molecular weight excluding hydrogens is 595 g/mol. The van der Waals surface area contributed by atoms with Gasteiger partial charge in [0.05, 0.1) is 39.1 Å². The third-order valence-corrected chi connectivity index (χ3v) is 9.21. The van der Waals surface area contributed by atoms with Gasteiger partial charge >= 0.3 is 0 Å². The summed E-state index contributed by atoms with van der Waals surface area (Å²) in [4.78, 5) is 0. The summed E-state index contributed by atoms with van der Waals surface area (Å²) in [5.41, 5.74) is 3.20. The van der Waals surface area contributed by atoms with Crippen molar-refractivity contribution in [3.63, 3.8) is 0 Å². The Bertz CT molecular complexity index is 1590. The maximum Gasteiger partial charge on any atom is 0.225 e. The molecule has 4 aromatic rings. The van der Waals surface area contributed by atoms with Gasteiger partial charge in [0.15, 0.2) is 11.6 Å². The Balaban J connectivity index is 1.38. The molecule has 2 saturated heterocycles. The average Bonchev–Trinajstić information content (AvgIpc) is 3.44. The minimum absolute atomic E-state index is 0.156. The van der Waals surface area contributed by atoms with Crippen LogP contribution in [0.15, 0.2) is 97.1 Å². The van der Waals surface area contributed by atoms with E-state index in [1.165, 1.54) is 6.07 Å². The van der Waals surface area contributed by atoms with Crippen molar-refractivity contribution in [3.8, 4) is 5.75 Å². The van der Waals surface area contributed by atoms with Gasteiger partial charge < -0.3 is 28.8 Å². The van der Waals surface area contributed by atoms with Gasteiger partial charge in [0.2, 0.25) is 5.79 Å². The third-order valence-electron chi connectivity index (χ3n) is 8.85. The smallest absolute Gasteiger partial charge is 0.225 e. The molecule has 2 bridgehead atoms. The summed E-state index contributed by atoms with van der Waals surface area (Å²) < 4.78 is 46.9. The van der Waals surface area contributed by atoms with E-state index in [0.717, 1.165) is 22.3 Å². The van der Waals surface area contributed by atoms with E-state index in [4.69, 9.17) is 35.3 Å². The summed E-state index contributed by atoms with van der Waals surface area (Å²) in [5.74, 6) is -1.87. The number of aliphatic hydroxyl groups is 1. The topological polar surface area (TPSA) is 66.4 Å². The summed E-state index contributed by atoms with van der Waals surface area (Å²) in [7, 11) is 0. The molecule has 6 nitrogen and oxygen atoms in total. The molecule has 4 aromatic carbocycles.